The lowest BCUT2D eigenvalue weighted by molar-refractivity contribution is 0.208. The number of piperidine rings is 1. The van der Waals surface area contributed by atoms with Crippen LogP contribution in [0.15, 0.2) is 48.5 Å². The van der Waals surface area contributed by atoms with Crippen LogP contribution in [-0.2, 0) is 0 Å². The summed E-state index contributed by atoms with van der Waals surface area (Å²) in [6.07, 6.45) is 2.32. The molecule has 1 aliphatic rings. The highest BCUT2D eigenvalue weighted by Crippen LogP contribution is 2.31. The molecule has 3 rings (SSSR count). The number of carbonyl (C=O) groups is 1. The van der Waals surface area contributed by atoms with Gasteiger partial charge in [-0.2, -0.15) is 0 Å². The van der Waals surface area contributed by atoms with Crippen molar-refractivity contribution >= 4 is 11.7 Å². The van der Waals surface area contributed by atoms with Crippen LogP contribution in [0.2, 0.25) is 0 Å². The molecule has 0 aromatic heterocycles. The van der Waals surface area contributed by atoms with E-state index >= 15 is 0 Å². The van der Waals surface area contributed by atoms with Gasteiger partial charge in [-0.3, -0.25) is 0 Å². The second-order valence-electron chi connectivity index (χ2n) is 8.04. The lowest BCUT2D eigenvalue weighted by Crippen LogP contribution is -2.38. The Morgan fingerprint density at radius 3 is 2.30 bits per heavy atom. The fourth-order valence-electron chi connectivity index (χ4n) is 3.97. The number of hydrogen-bond donors (Lipinski definition) is 1. The summed E-state index contributed by atoms with van der Waals surface area (Å²) < 4.78 is 5.55. The van der Waals surface area contributed by atoms with E-state index < -0.39 is 0 Å². The number of nitrogens with one attached hydrogen (secondary N) is 1. The van der Waals surface area contributed by atoms with E-state index in [1.54, 1.807) is 4.90 Å². The summed E-state index contributed by atoms with van der Waals surface area (Å²) >= 11 is 0. The number of rotatable bonds is 7. The van der Waals surface area contributed by atoms with Crippen LogP contribution in [0.3, 0.4) is 0 Å². The van der Waals surface area contributed by atoms with Crippen LogP contribution in [-0.4, -0.2) is 44.2 Å². The standard InChI is InChI=1S/C25H35N3O2/c1-5-27(4)25(29)26-19(3)20-7-11-23(12-8-20)28-17-15-22(16-18-28)21-9-13-24(14-10-21)30-6-2/h7-14,19,22H,5-6,15-18H2,1-4H3,(H,26,29)/t19-/m0/s1. The Bertz CT molecular complexity index is 796. The van der Waals surface area contributed by atoms with Crippen molar-refractivity contribution in [1.29, 1.82) is 0 Å². The number of ether oxygens (including phenoxy) is 1. The Kier molecular flexibility index (Phi) is 7.61. The molecule has 0 aliphatic carbocycles. The maximum absolute atomic E-state index is 12.1. The first-order valence-corrected chi connectivity index (χ1v) is 11.1. The number of nitrogens with zero attached hydrogens (tertiary/aromatic N) is 2. The zero-order valence-corrected chi connectivity index (χ0v) is 18.7. The lowest BCUT2D eigenvalue weighted by atomic mass is 9.89. The van der Waals surface area contributed by atoms with Gasteiger partial charge >= 0.3 is 6.03 Å². The van der Waals surface area contributed by atoms with E-state index in [-0.39, 0.29) is 12.1 Å². The Labute approximate surface area is 181 Å². The molecule has 2 aromatic rings. The summed E-state index contributed by atoms with van der Waals surface area (Å²) in [4.78, 5) is 16.2. The molecule has 2 amide bonds. The maximum Gasteiger partial charge on any atom is 0.317 e. The molecule has 5 heteroatoms. The van der Waals surface area contributed by atoms with E-state index in [9.17, 15) is 4.79 Å². The summed E-state index contributed by atoms with van der Waals surface area (Å²) in [5, 5.41) is 3.05. The first-order chi connectivity index (χ1) is 14.5. The summed E-state index contributed by atoms with van der Waals surface area (Å²) in [5.74, 6) is 1.56. The van der Waals surface area contributed by atoms with E-state index in [1.165, 1.54) is 11.3 Å². The minimum absolute atomic E-state index is 0.00838. The fourth-order valence-corrected chi connectivity index (χ4v) is 3.97. The van der Waals surface area contributed by atoms with Crippen LogP contribution in [0.4, 0.5) is 10.5 Å². The Morgan fingerprint density at radius 1 is 1.10 bits per heavy atom. The van der Waals surface area contributed by atoms with E-state index in [4.69, 9.17) is 4.74 Å². The minimum Gasteiger partial charge on any atom is -0.494 e. The van der Waals surface area contributed by atoms with Gasteiger partial charge < -0.3 is 19.9 Å². The molecule has 0 bridgehead atoms. The molecule has 0 radical (unpaired) electrons. The normalized spacial score (nSPS) is 15.5. The third kappa shape index (κ3) is 5.47. The highest BCUT2D eigenvalue weighted by atomic mass is 16.5. The molecule has 1 N–H and O–H groups in total. The summed E-state index contributed by atoms with van der Waals surface area (Å²) in [7, 11) is 1.81. The maximum atomic E-state index is 12.1. The van der Waals surface area contributed by atoms with Gasteiger partial charge in [0, 0.05) is 32.4 Å². The molecule has 5 nitrogen and oxygen atoms in total. The average Bonchev–Trinajstić information content (AvgIpc) is 2.79. The van der Waals surface area contributed by atoms with Crippen LogP contribution in [0.5, 0.6) is 5.75 Å². The summed E-state index contributed by atoms with van der Waals surface area (Å²) in [6.45, 7) is 9.53. The van der Waals surface area contributed by atoms with Gasteiger partial charge in [0.1, 0.15) is 5.75 Å². The molecule has 0 saturated carbocycles. The first kappa shape index (κ1) is 22.0. The van der Waals surface area contributed by atoms with Gasteiger partial charge in [-0.25, -0.2) is 4.79 Å². The number of hydrogen-bond acceptors (Lipinski definition) is 3. The Morgan fingerprint density at radius 2 is 1.73 bits per heavy atom. The molecular weight excluding hydrogens is 374 g/mol. The summed E-state index contributed by atoms with van der Waals surface area (Å²) in [6, 6.07) is 17.2. The predicted octanol–water partition coefficient (Wildman–Crippen LogP) is 5.19. The van der Waals surface area contributed by atoms with E-state index in [1.807, 2.05) is 27.8 Å². The number of carbonyl (C=O) groups excluding carboxylic acids is 1. The Balaban J connectivity index is 1.53. The second-order valence-corrected chi connectivity index (χ2v) is 8.04. The summed E-state index contributed by atoms with van der Waals surface area (Å²) in [5.41, 5.74) is 3.80. The number of urea groups is 1. The third-order valence-electron chi connectivity index (χ3n) is 6.08. The van der Waals surface area contributed by atoms with Crippen molar-refractivity contribution in [3.63, 3.8) is 0 Å². The SMILES string of the molecule is CCOc1ccc(C2CCN(c3ccc([C@H](C)NC(=O)N(C)CC)cc3)CC2)cc1. The molecule has 1 fully saturated rings. The van der Waals surface area contributed by atoms with Crippen molar-refractivity contribution in [3.05, 3.63) is 59.7 Å². The molecule has 0 spiro atoms. The second kappa shape index (κ2) is 10.4. The molecule has 162 valence electrons. The van der Waals surface area contributed by atoms with Crippen molar-refractivity contribution in [2.24, 2.45) is 0 Å². The molecular formula is C25H35N3O2. The van der Waals surface area contributed by atoms with Crippen molar-refractivity contribution in [3.8, 4) is 5.75 Å². The van der Waals surface area contributed by atoms with Crippen molar-refractivity contribution in [2.75, 3.05) is 38.2 Å². The quantitative estimate of drug-likeness (QED) is 0.684. The molecule has 1 aliphatic heterocycles. The van der Waals surface area contributed by atoms with Gasteiger partial charge in [0.05, 0.1) is 12.6 Å². The lowest BCUT2D eigenvalue weighted by Gasteiger charge is -2.34. The van der Waals surface area contributed by atoms with Crippen LogP contribution in [0.1, 0.15) is 56.7 Å². The van der Waals surface area contributed by atoms with Crippen LogP contribution in [0.25, 0.3) is 0 Å². The van der Waals surface area contributed by atoms with Gasteiger partial charge in [0.15, 0.2) is 0 Å². The van der Waals surface area contributed by atoms with Gasteiger partial charge in [0.2, 0.25) is 0 Å². The van der Waals surface area contributed by atoms with E-state index in [2.05, 4.69) is 58.7 Å². The van der Waals surface area contributed by atoms with Crippen molar-refractivity contribution < 1.29 is 9.53 Å². The van der Waals surface area contributed by atoms with Crippen molar-refractivity contribution in [2.45, 2.75) is 45.6 Å². The Hall–Kier alpha value is -2.69. The first-order valence-electron chi connectivity index (χ1n) is 11.1. The topological polar surface area (TPSA) is 44.8 Å². The number of anilines is 1. The molecule has 2 aromatic carbocycles. The highest BCUT2D eigenvalue weighted by molar-refractivity contribution is 5.74. The molecule has 1 atom stereocenters. The van der Waals surface area contributed by atoms with Crippen LogP contribution in [0, 0.1) is 0 Å². The zero-order chi connectivity index (χ0) is 21.5. The highest BCUT2D eigenvalue weighted by Gasteiger charge is 2.21. The molecule has 1 saturated heterocycles. The van der Waals surface area contributed by atoms with Gasteiger partial charge in [-0.15, -0.1) is 0 Å². The van der Waals surface area contributed by atoms with Crippen molar-refractivity contribution in [1.82, 2.24) is 10.2 Å². The monoisotopic (exact) mass is 409 g/mol. The van der Waals surface area contributed by atoms with E-state index in [0.29, 0.717) is 19.1 Å². The van der Waals surface area contributed by atoms with E-state index in [0.717, 1.165) is 37.2 Å². The molecule has 1 heterocycles. The molecule has 30 heavy (non-hydrogen) atoms. The van der Waals surface area contributed by atoms with Gasteiger partial charge in [-0.1, -0.05) is 24.3 Å². The largest absolute Gasteiger partial charge is 0.494 e. The smallest absolute Gasteiger partial charge is 0.317 e. The molecule has 0 unspecified atom stereocenters. The minimum atomic E-state index is -0.0366. The number of amides is 2. The van der Waals surface area contributed by atoms with Gasteiger partial charge in [-0.05, 0) is 74.9 Å². The van der Waals surface area contributed by atoms with Crippen LogP contribution >= 0.6 is 0 Å². The fraction of sp³-hybridized carbons (Fsp3) is 0.480. The third-order valence-corrected chi connectivity index (χ3v) is 6.08. The average molecular weight is 410 g/mol. The predicted molar refractivity (Wildman–Crippen MR) is 123 cm³/mol. The zero-order valence-electron chi connectivity index (χ0n) is 18.7. The van der Waals surface area contributed by atoms with Gasteiger partial charge in [0.25, 0.3) is 0 Å². The van der Waals surface area contributed by atoms with Crippen LogP contribution < -0.4 is 15.0 Å². The number of benzene rings is 2.